The molecule has 6 aromatic heterocycles. The minimum absolute atomic E-state index is 0.259. The number of aromatic amines is 1. The van der Waals surface area contributed by atoms with E-state index in [-0.39, 0.29) is 18.4 Å². The molecule has 4 N–H and O–H groups in total. The molecule has 15 nitrogen and oxygen atoms in total. The number of aromatic nitrogens is 10. The second-order valence-corrected chi connectivity index (χ2v) is 13.3. The molecule has 6 heterocycles. The Morgan fingerprint density at radius 2 is 1.36 bits per heavy atom. The van der Waals surface area contributed by atoms with Gasteiger partial charge in [0.25, 0.3) is 11.8 Å². The second kappa shape index (κ2) is 14.7. The largest absolute Gasteiger partial charge is 0.389 e. The summed E-state index contributed by atoms with van der Waals surface area (Å²) >= 11 is 12.2. The Morgan fingerprint density at radius 1 is 0.792 bits per heavy atom. The van der Waals surface area contributed by atoms with Crippen LogP contribution in [0.5, 0.6) is 0 Å². The van der Waals surface area contributed by atoms with Gasteiger partial charge in [-0.3, -0.25) is 19.4 Å². The van der Waals surface area contributed by atoms with E-state index in [4.69, 9.17) is 23.2 Å². The number of anilines is 2. The lowest BCUT2D eigenvalue weighted by Gasteiger charge is -2.16. The quantitative estimate of drug-likeness (QED) is 0.139. The average molecular weight is 750 g/mol. The zero-order valence-corrected chi connectivity index (χ0v) is 29.7. The van der Waals surface area contributed by atoms with Crippen molar-refractivity contribution in [1.29, 1.82) is 0 Å². The highest BCUT2D eigenvalue weighted by Gasteiger charge is 2.21. The Balaban J connectivity index is 0.000000167. The summed E-state index contributed by atoms with van der Waals surface area (Å²) < 4.78 is 4.67. The zero-order chi connectivity index (χ0) is 37.1. The molecule has 0 aliphatic heterocycles. The molecule has 2 aromatic carbocycles. The first-order valence-corrected chi connectivity index (χ1v) is 16.8. The maximum atomic E-state index is 12.9. The number of fused-ring (bicyclic) bond motifs is 2. The number of aliphatic hydroxyl groups is 1. The van der Waals surface area contributed by atoms with Crippen LogP contribution in [0.2, 0.25) is 10.0 Å². The van der Waals surface area contributed by atoms with Crippen molar-refractivity contribution in [3.8, 4) is 22.5 Å². The average Bonchev–Trinajstić information content (AvgIpc) is 3.94. The SMILES string of the molecule is CC(C)(O)Cn1cc(NC(=O)c2cnn3cccnc23)c(-c2cccc(Cl)c2)n1.O=C(Nc1cn[nH]c1-c1cccc(Cl)c1)c1cnn2cccnc12. The first kappa shape index (κ1) is 35.0. The van der Waals surface area contributed by atoms with E-state index in [1.54, 1.807) is 96.6 Å². The highest BCUT2D eigenvalue weighted by molar-refractivity contribution is 6.31. The minimum atomic E-state index is -0.967. The van der Waals surface area contributed by atoms with E-state index in [0.29, 0.717) is 55.2 Å². The number of hydrogen-bond acceptors (Lipinski definition) is 9. The fourth-order valence-electron chi connectivity index (χ4n) is 5.44. The smallest absolute Gasteiger partial charge is 0.261 e. The van der Waals surface area contributed by atoms with Crippen molar-refractivity contribution < 1.29 is 14.7 Å². The lowest BCUT2D eigenvalue weighted by Crippen LogP contribution is -2.26. The maximum Gasteiger partial charge on any atom is 0.261 e. The Kier molecular flexibility index (Phi) is 9.69. The van der Waals surface area contributed by atoms with E-state index < -0.39 is 5.60 Å². The number of carbonyl (C=O) groups excluding carboxylic acids is 2. The number of nitrogens with zero attached hydrogens (tertiary/aromatic N) is 9. The number of hydrogen-bond donors (Lipinski definition) is 4. The first-order chi connectivity index (χ1) is 25.5. The number of carbonyl (C=O) groups is 2. The predicted molar refractivity (Wildman–Crippen MR) is 200 cm³/mol. The van der Waals surface area contributed by atoms with Crippen molar-refractivity contribution in [2.75, 3.05) is 10.6 Å². The molecule has 0 saturated heterocycles. The van der Waals surface area contributed by atoms with E-state index in [9.17, 15) is 14.7 Å². The third-order valence-electron chi connectivity index (χ3n) is 7.71. The van der Waals surface area contributed by atoms with Crippen molar-refractivity contribution in [3.05, 3.63) is 131 Å². The highest BCUT2D eigenvalue weighted by Crippen LogP contribution is 2.30. The lowest BCUT2D eigenvalue weighted by atomic mass is 10.1. The van der Waals surface area contributed by atoms with E-state index in [2.05, 4.69) is 46.1 Å². The molecular weight excluding hydrogens is 719 g/mol. The van der Waals surface area contributed by atoms with Gasteiger partial charge in [-0.2, -0.15) is 20.4 Å². The number of rotatable bonds is 8. The molecule has 0 fully saturated rings. The number of nitrogens with one attached hydrogen (secondary N) is 3. The van der Waals surface area contributed by atoms with Crippen LogP contribution in [0.25, 0.3) is 33.8 Å². The summed E-state index contributed by atoms with van der Waals surface area (Å²) in [5.41, 5.74) is 4.56. The van der Waals surface area contributed by atoms with Crippen LogP contribution < -0.4 is 10.6 Å². The summed E-state index contributed by atoms with van der Waals surface area (Å²) in [6, 6.07) is 18.0. The molecule has 0 atom stereocenters. The predicted octanol–water partition coefficient (Wildman–Crippen LogP) is 6.29. The molecule has 0 spiro atoms. The van der Waals surface area contributed by atoms with Crippen LogP contribution in [0, 0.1) is 0 Å². The molecule has 8 aromatic rings. The molecule has 266 valence electrons. The molecule has 0 aliphatic carbocycles. The second-order valence-electron chi connectivity index (χ2n) is 12.4. The molecule has 0 unspecified atom stereocenters. The molecule has 17 heteroatoms. The number of benzene rings is 2. The third-order valence-corrected chi connectivity index (χ3v) is 8.18. The Morgan fingerprint density at radius 3 is 1.94 bits per heavy atom. The van der Waals surface area contributed by atoms with Gasteiger partial charge in [-0.25, -0.2) is 19.0 Å². The first-order valence-electron chi connectivity index (χ1n) is 16.1. The molecule has 0 bridgehead atoms. The van der Waals surface area contributed by atoms with Crippen LogP contribution in [0.15, 0.2) is 110 Å². The summed E-state index contributed by atoms with van der Waals surface area (Å²) in [5, 5.41) is 36.7. The molecule has 0 saturated carbocycles. The van der Waals surface area contributed by atoms with Gasteiger partial charge >= 0.3 is 0 Å². The number of H-pyrrole nitrogens is 1. The molecule has 8 rings (SSSR count). The van der Waals surface area contributed by atoms with Gasteiger partial charge in [0.1, 0.15) is 16.8 Å². The van der Waals surface area contributed by atoms with E-state index >= 15 is 0 Å². The van der Waals surface area contributed by atoms with Gasteiger partial charge in [0.15, 0.2) is 11.3 Å². The third kappa shape index (κ3) is 7.92. The normalized spacial score (nSPS) is 11.3. The van der Waals surface area contributed by atoms with Crippen LogP contribution >= 0.6 is 23.2 Å². The summed E-state index contributed by atoms with van der Waals surface area (Å²) in [4.78, 5) is 33.9. The van der Waals surface area contributed by atoms with Gasteiger partial charge in [-0.15, -0.1) is 0 Å². The Hall–Kier alpha value is -6.42. The van der Waals surface area contributed by atoms with E-state index in [0.717, 1.165) is 11.1 Å². The zero-order valence-electron chi connectivity index (χ0n) is 28.1. The fraction of sp³-hybridized carbons (Fsp3) is 0.111. The summed E-state index contributed by atoms with van der Waals surface area (Å²) in [7, 11) is 0. The van der Waals surface area contributed by atoms with Gasteiger partial charge in [-0.05, 0) is 50.2 Å². The molecule has 0 radical (unpaired) electrons. The van der Waals surface area contributed by atoms with Crippen molar-refractivity contribution in [1.82, 2.24) is 49.2 Å². The molecule has 2 amide bonds. The molecule has 0 aliphatic rings. The number of amides is 2. The monoisotopic (exact) mass is 748 g/mol. The topological polar surface area (TPSA) is 185 Å². The van der Waals surface area contributed by atoms with E-state index in [1.165, 1.54) is 16.9 Å². The van der Waals surface area contributed by atoms with Gasteiger partial charge in [0.05, 0.1) is 47.8 Å². The fourth-order valence-corrected chi connectivity index (χ4v) is 5.82. The number of halogens is 2. The highest BCUT2D eigenvalue weighted by atomic mass is 35.5. The molecular formula is C36H30Cl2N12O3. The van der Waals surface area contributed by atoms with E-state index in [1.807, 2.05) is 24.3 Å². The molecule has 53 heavy (non-hydrogen) atoms. The van der Waals surface area contributed by atoms with Crippen molar-refractivity contribution in [2.45, 2.75) is 26.0 Å². The van der Waals surface area contributed by atoms with Gasteiger partial charge in [-0.1, -0.05) is 47.5 Å². The summed E-state index contributed by atoms with van der Waals surface area (Å²) in [6.07, 6.45) is 12.9. The van der Waals surface area contributed by atoms with Crippen molar-refractivity contribution >= 4 is 57.7 Å². The Labute approximate surface area is 311 Å². The van der Waals surface area contributed by atoms with Crippen molar-refractivity contribution in [3.63, 3.8) is 0 Å². The standard InChI is InChI=1S/C20H19ClN6O2.C16H11ClN6O/c1-20(2,29)12-26-11-16(17(25-26)13-5-3-6-14(21)9-13)24-19(28)15-10-23-27-8-4-7-22-18(15)27;17-11-4-1-3-10(7-11)14-13(9-19-22-14)21-16(24)12-8-20-23-6-2-5-18-15(12)23/h3-11,29H,12H2,1-2H3,(H,24,28);1-9H,(H,19,22)(H,21,24). The van der Waals surface area contributed by atoms with Crippen LogP contribution in [0.4, 0.5) is 11.4 Å². The lowest BCUT2D eigenvalue weighted by molar-refractivity contribution is 0.0578. The van der Waals surface area contributed by atoms with Crippen LogP contribution in [-0.2, 0) is 6.54 Å². The van der Waals surface area contributed by atoms with Gasteiger partial charge in [0.2, 0.25) is 0 Å². The van der Waals surface area contributed by atoms with Crippen LogP contribution in [0.3, 0.4) is 0 Å². The van der Waals surface area contributed by atoms with Crippen molar-refractivity contribution in [2.24, 2.45) is 0 Å². The van der Waals surface area contributed by atoms with Gasteiger partial charge < -0.3 is 15.7 Å². The Bertz CT molecular complexity index is 2580. The minimum Gasteiger partial charge on any atom is -0.389 e. The van der Waals surface area contributed by atoms with Crippen LogP contribution in [0.1, 0.15) is 34.6 Å². The summed E-state index contributed by atoms with van der Waals surface area (Å²) in [5.74, 6) is -0.668. The van der Waals surface area contributed by atoms with Gasteiger partial charge in [0, 0.05) is 52.2 Å². The van der Waals surface area contributed by atoms with Crippen LogP contribution in [-0.4, -0.2) is 71.7 Å². The summed E-state index contributed by atoms with van der Waals surface area (Å²) in [6.45, 7) is 3.64. The maximum absolute atomic E-state index is 12.9.